The molecule has 9 rings (SSSR count). The van der Waals surface area contributed by atoms with Gasteiger partial charge in [0, 0.05) is 35.3 Å². The number of halogens is 1. The normalized spacial score (nSPS) is 21.6. The molecule has 1 N–H and O–H groups in total. The van der Waals surface area contributed by atoms with E-state index in [2.05, 4.69) is 58.5 Å². The summed E-state index contributed by atoms with van der Waals surface area (Å²) < 4.78 is 22.0. The Labute approximate surface area is 276 Å². The lowest BCUT2D eigenvalue weighted by atomic mass is 9.33. The van der Waals surface area contributed by atoms with Crippen molar-refractivity contribution in [1.29, 1.82) is 0 Å². The van der Waals surface area contributed by atoms with Crippen molar-refractivity contribution in [2.45, 2.75) is 57.3 Å². The fourth-order valence-electron chi connectivity index (χ4n) is 7.97. The zero-order valence-electron chi connectivity index (χ0n) is 26.5. The van der Waals surface area contributed by atoms with Crippen LogP contribution in [0.15, 0.2) is 48.7 Å². The van der Waals surface area contributed by atoms with E-state index in [9.17, 15) is 4.39 Å². The maximum absolute atomic E-state index is 15.0. The molecule has 4 aliphatic rings. The van der Waals surface area contributed by atoms with E-state index in [-0.39, 0.29) is 11.2 Å². The van der Waals surface area contributed by atoms with E-state index in [0.717, 1.165) is 82.0 Å². The van der Waals surface area contributed by atoms with Gasteiger partial charge < -0.3 is 19.9 Å². The highest BCUT2D eigenvalue weighted by Crippen LogP contribution is 2.73. The van der Waals surface area contributed by atoms with Crippen molar-refractivity contribution in [3.05, 3.63) is 76.0 Å². The maximum atomic E-state index is 15.0. The van der Waals surface area contributed by atoms with Crippen molar-refractivity contribution in [2.24, 2.45) is 5.41 Å². The molecule has 46 heavy (non-hydrogen) atoms. The summed E-state index contributed by atoms with van der Waals surface area (Å²) in [6.07, 6.45) is 9.05. The largest absolute Gasteiger partial charge is 0.491 e. The third kappa shape index (κ3) is 5.32. The van der Waals surface area contributed by atoms with Gasteiger partial charge in [-0.05, 0) is 107 Å². The predicted molar refractivity (Wildman–Crippen MR) is 184 cm³/mol. The molecule has 11 heteroatoms. The number of rotatable bonds is 11. The maximum Gasteiger partial charge on any atom is 0.191 e. The second-order valence-electron chi connectivity index (χ2n) is 13.6. The fourth-order valence-corrected chi connectivity index (χ4v) is 9.81. The number of ether oxygens (including phenoxy) is 1. The summed E-state index contributed by atoms with van der Waals surface area (Å²) in [6.45, 7) is 4.55. The van der Waals surface area contributed by atoms with Crippen LogP contribution in [0, 0.1) is 18.2 Å². The van der Waals surface area contributed by atoms with Gasteiger partial charge >= 0.3 is 0 Å². The molecule has 8 nitrogen and oxygen atoms in total. The van der Waals surface area contributed by atoms with Gasteiger partial charge in [0.2, 0.25) is 0 Å². The zero-order valence-corrected chi connectivity index (χ0v) is 28.1. The Hall–Kier alpha value is -3.67. The van der Waals surface area contributed by atoms with Crippen LogP contribution in [0.2, 0.25) is 0 Å². The quantitative estimate of drug-likeness (QED) is 0.144. The highest BCUT2D eigenvalue weighted by atomic mass is 32.1. The van der Waals surface area contributed by atoms with E-state index >= 15 is 0 Å². The second-order valence-corrected chi connectivity index (χ2v) is 15.7. The Balaban J connectivity index is 0.868. The van der Waals surface area contributed by atoms with Crippen LogP contribution >= 0.6 is 22.7 Å². The standard InChI is InChI=1S/C35H38FN7OS2/c1-22-25-9-6-14-43(31(25)41-40-30(22)39-32-38-27-10-4-5-11-29(27)46-32)33-37-17-24(45-33)8-7-15-44-28-13-12-23(16-26(28)36)35-18-34(19-35,20-35)21-42(2)3/h4-5,10-13,16-17H,6-9,14-15,18-21H2,1-3H3,(H,38,39,40). The van der Waals surface area contributed by atoms with Crippen molar-refractivity contribution in [3.63, 3.8) is 0 Å². The van der Waals surface area contributed by atoms with E-state index in [4.69, 9.17) is 14.7 Å². The summed E-state index contributed by atoms with van der Waals surface area (Å²) >= 11 is 3.29. The molecule has 3 aromatic heterocycles. The molecule has 2 aromatic carbocycles. The molecule has 0 spiro atoms. The molecular formula is C35H38FN7OS2. The van der Waals surface area contributed by atoms with Crippen LogP contribution < -0.4 is 15.0 Å². The average Bonchev–Trinajstić information content (AvgIpc) is 3.65. The van der Waals surface area contributed by atoms with Gasteiger partial charge in [0.1, 0.15) is 0 Å². The minimum absolute atomic E-state index is 0.189. The first-order valence-electron chi connectivity index (χ1n) is 16.1. The zero-order chi connectivity index (χ0) is 31.5. The van der Waals surface area contributed by atoms with E-state index in [1.165, 1.54) is 29.7 Å². The van der Waals surface area contributed by atoms with E-state index in [1.807, 2.05) is 30.5 Å². The number of para-hydroxylation sites is 1. The number of fused-ring (bicyclic) bond motifs is 2. The first-order valence-corrected chi connectivity index (χ1v) is 17.7. The Morgan fingerprint density at radius 1 is 1.09 bits per heavy atom. The van der Waals surface area contributed by atoms with Gasteiger partial charge in [-0.25, -0.2) is 14.4 Å². The molecule has 0 saturated heterocycles. The number of aromatic nitrogens is 4. The third-order valence-electron chi connectivity index (χ3n) is 9.84. The van der Waals surface area contributed by atoms with Gasteiger partial charge in [0.25, 0.3) is 0 Å². The van der Waals surface area contributed by atoms with Crippen molar-refractivity contribution in [3.8, 4) is 5.75 Å². The monoisotopic (exact) mass is 655 g/mol. The minimum atomic E-state index is -0.248. The van der Waals surface area contributed by atoms with Crippen molar-refractivity contribution >= 4 is 54.8 Å². The summed E-state index contributed by atoms with van der Waals surface area (Å²) in [7, 11) is 4.27. The lowest BCUT2D eigenvalue weighted by molar-refractivity contribution is -0.151. The van der Waals surface area contributed by atoms with Crippen LogP contribution in [0.1, 0.15) is 53.7 Å². The van der Waals surface area contributed by atoms with Crippen LogP contribution in [-0.4, -0.2) is 58.9 Å². The van der Waals surface area contributed by atoms with Crippen molar-refractivity contribution < 1.29 is 9.13 Å². The van der Waals surface area contributed by atoms with Crippen LogP contribution in [0.3, 0.4) is 0 Å². The molecule has 3 saturated carbocycles. The molecule has 3 fully saturated rings. The molecule has 238 valence electrons. The predicted octanol–water partition coefficient (Wildman–Crippen LogP) is 7.81. The number of hydrogen-bond donors (Lipinski definition) is 1. The molecule has 2 bridgehead atoms. The number of hydrogen-bond acceptors (Lipinski definition) is 10. The van der Waals surface area contributed by atoms with Gasteiger partial charge in [0.05, 0.1) is 16.8 Å². The smallest absolute Gasteiger partial charge is 0.191 e. The number of nitrogens with zero attached hydrogens (tertiary/aromatic N) is 6. The molecule has 1 aliphatic heterocycles. The van der Waals surface area contributed by atoms with Crippen LogP contribution in [0.25, 0.3) is 10.2 Å². The number of nitrogens with one attached hydrogen (secondary N) is 1. The molecule has 4 heterocycles. The van der Waals surface area contributed by atoms with Gasteiger partial charge in [-0.15, -0.1) is 21.5 Å². The first kappa shape index (κ1) is 29.7. The lowest BCUT2D eigenvalue weighted by Crippen LogP contribution is -2.67. The summed E-state index contributed by atoms with van der Waals surface area (Å²) in [5.41, 5.74) is 5.05. The SMILES string of the molecule is Cc1c(Nc2nc3ccccc3s2)nnc2c1CCCN2c1ncc(CCCOc2ccc(C34CC(CN(C)C)(C3)C4)cc2F)s1. The summed E-state index contributed by atoms with van der Waals surface area (Å²) in [6, 6.07) is 13.7. The fraction of sp³-hybridized carbons (Fsp3) is 0.429. The Morgan fingerprint density at radius 3 is 2.74 bits per heavy atom. The highest BCUT2D eigenvalue weighted by Gasteiger charge is 2.67. The number of benzene rings is 2. The third-order valence-corrected chi connectivity index (χ3v) is 11.9. The van der Waals surface area contributed by atoms with Crippen molar-refractivity contribution in [1.82, 2.24) is 25.1 Å². The molecule has 0 amide bonds. The van der Waals surface area contributed by atoms with E-state index in [0.29, 0.717) is 17.8 Å². The molecule has 5 aromatic rings. The minimum Gasteiger partial charge on any atom is -0.491 e. The summed E-state index contributed by atoms with van der Waals surface area (Å²) in [5, 5.41) is 14.4. The van der Waals surface area contributed by atoms with Gasteiger partial charge in [-0.1, -0.05) is 29.5 Å². The Kier molecular flexibility index (Phi) is 7.45. The van der Waals surface area contributed by atoms with Crippen LogP contribution in [0.4, 0.5) is 26.3 Å². The second kappa shape index (κ2) is 11.5. The number of aryl methyl sites for hydroxylation is 1. The van der Waals surface area contributed by atoms with E-state index < -0.39 is 0 Å². The van der Waals surface area contributed by atoms with Gasteiger partial charge in [-0.2, -0.15) is 0 Å². The molecule has 3 aliphatic carbocycles. The molecule has 0 radical (unpaired) electrons. The van der Waals surface area contributed by atoms with E-state index in [1.54, 1.807) is 28.7 Å². The number of thiazole rings is 2. The lowest BCUT2D eigenvalue weighted by Gasteiger charge is -2.72. The van der Waals surface area contributed by atoms with Crippen LogP contribution in [0.5, 0.6) is 5.75 Å². The Bertz CT molecular complexity index is 1870. The number of anilines is 4. The Morgan fingerprint density at radius 2 is 1.93 bits per heavy atom. The average molecular weight is 656 g/mol. The summed E-state index contributed by atoms with van der Waals surface area (Å²) in [5.74, 6) is 1.73. The van der Waals surface area contributed by atoms with Gasteiger partial charge in [-0.3, -0.25) is 0 Å². The van der Waals surface area contributed by atoms with Crippen molar-refractivity contribution in [2.75, 3.05) is 44.0 Å². The van der Waals surface area contributed by atoms with Gasteiger partial charge in [0.15, 0.2) is 33.5 Å². The molecular weight excluding hydrogens is 618 g/mol. The highest BCUT2D eigenvalue weighted by molar-refractivity contribution is 7.22. The molecule has 0 unspecified atom stereocenters. The summed E-state index contributed by atoms with van der Waals surface area (Å²) in [4.78, 5) is 15.1. The van der Waals surface area contributed by atoms with Crippen LogP contribution in [-0.2, 0) is 18.3 Å². The first-order chi connectivity index (χ1) is 22.3. The topological polar surface area (TPSA) is 79.3 Å². The molecule has 0 atom stereocenters.